The Bertz CT molecular complexity index is 1270. The van der Waals surface area contributed by atoms with Crippen molar-refractivity contribution in [2.75, 3.05) is 0 Å². The van der Waals surface area contributed by atoms with Gasteiger partial charge in [-0.25, -0.2) is 14.8 Å². The SMILES string of the molecule is Cc1ccc(C(=O)C(=C=O)c2nc3ccccc3nc2-c2ccc(C)cc2)cc1. The second kappa shape index (κ2) is 7.63. The Morgan fingerprint density at radius 1 is 0.759 bits per heavy atom. The van der Waals surface area contributed by atoms with Crippen LogP contribution >= 0.6 is 0 Å². The Labute approximate surface area is 168 Å². The first-order chi connectivity index (χ1) is 14.1. The lowest BCUT2D eigenvalue weighted by Crippen LogP contribution is -2.08. The predicted molar refractivity (Wildman–Crippen MR) is 114 cm³/mol. The molecular formula is C25H18N2O2. The third-order valence-corrected chi connectivity index (χ3v) is 4.78. The van der Waals surface area contributed by atoms with Gasteiger partial charge >= 0.3 is 0 Å². The van der Waals surface area contributed by atoms with Crippen molar-refractivity contribution in [1.29, 1.82) is 0 Å². The van der Waals surface area contributed by atoms with Crippen LogP contribution in [0.5, 0.6) is 0 Å². The van der Waals surface area contributed by atoms with Gasteiger partial charge in [0, 0.05) is 11.1 Å². The molecule has 0 bridgehead atoms. The number of rotatable bonds is 4. The molecule has 4 heteroatoms. The summed E-state index contributed by atoms with van der Waals surface area (Å²) >= 11 is 0. The van der Waals surface area contributed by atoms with Gasteiger partial charge in [0.15, 0.2) is 0 Å². The molecule has 0 amide bonds. The lowest BCUT2D eigenvalue weighted by molar-refractivity contribution is 0.105. The number of Topliss-reactive ketones (excluding diaryl/α,β-unsaturated/α-hetero) is 1. The van der Waals surface area contributed by atoms with E-state index in [4.69, 9.17) is 4.98 Å². The normalized spacial score (nSPS) is 10.6. The number of ketones is 1. The highest BCUT2D eigenvalue weighted by Gasteiger charge is 2.23. The van der Waals surface area contributed by atoms with E-state index in [0.717, 1.165) is 16.7 Å². The topological polar surface area (TPSA) is 59.9 Å². The van der Waals surface area contributed by atoms with E-state index in [-0.39, 0.29) is 11.3 Å². The Morgan fingerprint density at radius 3 is 1.90 bits per heavy atom. The van der Waals surface area contributed by atoms with Crippen molar-refractivity contribution in [3.63, 3.8) is 0 Å². The first kappa shape index (κ1) is 18.5. The molecule has 0 saturated heterocycles. The molecule has 4 rings (SSSR count). The number of fused-ring (bicyclic) bond motifs is 1. The number of para-hydroxylation sites is 2. The van der Waals surface area contributed by atoms with E-state index in [1.807, 2.05) is 80.5 Å². The Kier molecular flexibility index (Phi) is 4.86. The zero-order valence-electron chi connectivity index (χ0n) is 16.1. The van der Waals surface area contributed by atoms with Gasteiger partial charge in [0.1, 0.15) is 17.2 Å². The smallest absolute Gasteiger partial charge is 0.206 e. The van der Waals surface area contributed by atoms with Gasteiger partial charge in [-0.1, -0.05) is 71.8 Å². The number of aromatic nitrogens is 2. The number of allylic oxidation sites excluding steroid dienone is 1. The molecule has 0 unspecified atom stereocenters. The van der Waals surface area contributed by atoms with Crippen LogP contribution in [-0.4, -0.2) is 21.7 Å². The summed E-state index contributed by atoms with van der Waals surface area (Å²) in [6, 6.07) is 22.2. The molecule has 0 saturated carbocycles. The number of benzene rings is 3. The minimum Gasteiger partial charge on any atom is -0.288 e. The van der Waals surface area contributed by atoms with Crippen LogP contribution in [0.15, 0.2) is 72.8 Å². The molecule has 0 atom stereocenters. The average molecular weight is 378 g/mol. The fourth-order valence-electron chi connectivity index (χ4n) is 3.14. The number of nitrogens with zero attached hydrogens (tertiary/aromatic N) is 2. The van der Waals surface area contributed by atoms with E-state index < -0.39 is 5.78 Å². The quantitative estimate of drug-likeness (QED) is 0.284. The summed E-state index contributed by atoms with van der Waals surface area (Å²) in [4.78, 5) is 34.4. The lowest BCUT2D eigenvalue weighted by atomic mass is 9.97. The maximum atomic E-state index is 13.1. The van der Waals surface area contributed by atoms with Crippen molar-refractivity contribution >= 4 is 28.3 Å². The summed E-state index contributed by atoms with van der Waals surface area (Å²) < 4.78 is 0. The fourth-order valence-corrected chi connectivity index (χ4v) is 3.14. The van der Waals surface area contributed by atoms with Crippen molar-refractivity contribution in [3.8, 4) is 11.3 Å². The monoisotopic (exact) mass is 378 g/mol. The number of hydrogen-bond donors (Lipinski definition) is 0. The van der Waals surface area contributed by atoms with E-state index in [1.165, 1.54) is 0 Å². The number of carbonyl (C=O) groups excluding carboxylic acids is 2. The molecule has 0 N–H and O–H groups in total. The Balaban J connectivity index is 1.93. The molecule has 0 spiro atoms. The summed E-state index contributed by atoms with van der Waals surface area (Å²) in [7, 11) is 0. The summed E-state index contributed by atoms with van der Waals surface area (Å²) in [5.41, 5.74) is 5.25. The third kappa shape index (κ3) is 3.62. The van der Waals surface area contributed by atoms with Gasteiger partial charge in [0.2, 0.25) is 5.78 Å². The van der Waals surface area contributed by atoms with Crippen LogP contribution in [0.25, 0.3) is 27.9 Å². The first-order valence-corrected chi connectivity index (χ1v) is 9.27. The molecule has 4 aromatic rings. The van der Waals surface area contributed by atoms with Gasteiger partial charge in [-0.3, -0.25) is 4.79 Å². The second-order valence-electron chi connectivity index (χ2n) is 6.95. The Hall–Kier alpha value is -3.88. The zero-order valence-corrected chi connectivity index (χ0v) is 16.1. The van der Waals surface area contributed by atoms with Gasteiger partial charge in [-0.05, 0) is 26.0 Å². The van der Waals surface area contributed by atoms with Gasteiger partial charge in [-0.15, -0.1) is 0 Å². The molecule has 1 heterocycles. The third-order valence-electron chi connectivity index (χ3n) is 4.78. The van der Waals surface area contributed by atoms with E-state index in [0.29, 0.717) is 22.3 Å². The number of hydrogen-bond acceptors (Lipinski definition) is 4. The molecule has 0 aliphatic heterocycles. The van der Waals surface area contributed by atoms with Crippen molar-refractivity contribution < 1.29 is 9.59 Å². The highest BCUT2D eigenvalue weighted by molar-refractivity contribution is 6.35. The first-order valence-electron chi connectivity index (χ1n) is 9.27. The minimum atomic E-state index is -0.419. The van der Waals surface area contributed by atoms with Gasteiger partial charge in [0.25, 0.3) is 0 Å². The largest absolute Gasteiger partial charge is 0.288 e. The van der Waals surface area contributed by atoms with Crippen molar-refractivity contribution in [2.24, 2.45) is 0 Å². The standard InChI is InChI=1S/C25H18N2O2/c1-16-7-11-18(12-8-16)23-24(27-22-6-4-3-5-21(22)26-23)20(15-28)25(29)19-13-9-17(2)10-14-19/h3-14H,1-2H3. The molecule has 1 aromatic heterocycles. The highest BCUT2D eigenvalue weighted by Crippen LogP contribution is 2.29. The zero-order chi connectivity index (χ0) is 20.4. The fraction of sp³-hybridized carbons (Fsp3) is 0.0800. The van der Waals surface area contributed by atoms with E-state index in [9.17, 15) is 9.59 Å². The maximum absolute atomic E-state index is 13.1. The summed E-state index contributed by atoms with van der Waals surface area (Å²) in [5, 5.41) is 0. The van der Waals surface area contributed by atoms with Crippen molar-refractivity contribution in [1.82, 2.24) is 9.97 Å². The summed E-state index contributed by atoms with van der Waals surface area (Å²) in [6.45, 7) is 3.93. The van der Waals surface area contributed by atoms with Crippen LogP contribution in [0.4, 0.5) is 0 Å². The molecular weight excluding hydrogens is 360 g/mol. The molecule has 29 heavy (non-hydrogen) atoms. The van der Waals surface area contributed by atoms with E-state index in [2.05, 4.69) is 4.98 Å². The summed E-state index contributed by atoms with van der Waals surface area (Å²) in [5.74, 6) is 1.41. The molecule has 0 radical (unpaired) electrons. The predicted octanol–water partition coefficient (Wildman–Crippen LogP) is 5.01. The van der Waals surface area contributed by atoms with Gasteiger partial charge in [0.05, 0.1) is 16.7 Å². The highest BCUT2D eigenvalue weighted by atomic mass is 16.1. The van der Waals surface area contributed by atoms with Crippen LogP contribution in [0.2, 0.25) is 0 Å². The number of carbonyl (C=O) groups is 1. The van der Waals surface area contributed by atoms with E-state index >= 15 is 0 Å². The molecule has 4 nitrogen and oxygen atoms in total. The summed E-state index contributed by atoms with van der Waals surface area (Å²) in [6.07, 6.45) is 0. The maximum Gasteiger partial charge on any atom is 0.206 e. The molecule has 3 aromatic carbocycles. The Morgan fingerprint density at radius 2 is 1.31 bits per heavy atom. The van der Waals surface area contributed by atoms with Crippen LogP contribution in [0.3, 0.4) is 0 Å². The van der Waals surface area contributed by atoms with E-state index in [1.54, 1.807) is 12.1 Å². The van der Waals surface area contributed by atoms with Crippen molar-refractivity contribution in [3.05, 3.63) is 95.2 Å². The van der Waals surface area contributed by atoms with Gasteiger partial charge < -0.3 is 0 Å². The second-order valence-corrected chi connectivity index (χ2v) is 6.95. The van der Waals surface area contributed by atoms with Crippen LogP contribution in [0.1, 0.15) is 27.2 Å². The average Bonchev–Trinajstić information content (AvgIpc) is 2.75. The molecule has 0 aliphatic rings. The van der Waals surface area contributed by atoms with Crippen molar-refractivity contribution in [2.45, 2.75) is 13.8 Å². The van der Waals surface area contributed by atoms with Crippen LogP contribution < -0.4 is 0 Å². The lowest BCUT2D eigenvalue weighted by Gasteiger charge is -2.11. The molecule has 140 valence electrons. The van der Waals surface area contributed by atoms with Crippen LogP contribution in [0, 0.1) is 13.8 Å². The molecule has 0 fully saturated rings. The molecule has 0 aliphatic carbocycles. The van der Waals surface area contributed by atoms with Gasteiger partial charge in [-0.2, -0.15) is 0 Å². The minimum absolute atomic E-state index is 0.123. The van der Waals surface area contributed by atoms with Crippen LogP contribution in [-0.2, 0) is 4.79 Å². The number of aryl methyl sites for hydroxylation is 2.